The molecule has 23 heavy (non-hydrogen) atoms. The topological polar surface area (TPSA) is 50.7 Å². The Kier molecular flexibility index (Phi) is 4.24. The first-order chi connectivity index (χ1) is 11.1. The van der Waals surface area contributed by atoms with E-state index in [-0.39, 0.29) is 5.56 Å². The SMILES string of the molecule is CC(C)c1ccc(/C=C/c2cc(=O)n(-c3ccccn3)[nH]2)cc1. The average molecular weight is 305 g/mol. The number of aromatic amines is 1. The number of hydrogen-bond acceptors (Lipinski definition) is 2. The minimum absolute atomic E-state index is 0.126. The smallest absolute Gasteiger partial charge is 0.273 e. The van der Waals surface area contributed by atoms with Gasteiger partial charge in [-0.1, -0.05) is 50.3 Å². The van der Waals surface area contributed by atoms with Crippen LogP contribution >= 0.6 is 0 Å². The Balaban J connectivity index is 1.82. The van der Waals surface area contributed by atoms with Crippen LogP contribution in [-0.2, 0) is 0 Å². The summed E-state index contributed by atoms with van der Waals surface area (Å²) in [6.07, 6.45) is 5.54. The largest absolute Gasteiger partial charge is 0.289 e. The predicted octanol–water partition coefficient (Wildman–Crippen LogP) is 3.85. The predicted molar refractivity (Wildman–Crippen MR) is 93.6 cm³/mol. The molecular formula is C19H19N3O. The second kappa shape index (κ2) is 6.48. The maximum atomic E-state index is 12.0. The molecule has 4 nitrogen and oxygen atoms in total. The number of benzene rings is 1. The molecule has 0 unspecified atom stereocenters. The Morgan fingerprint density at radius 2 is 1.87 bits per heavy atom. The molecule has 116 valence electrons. The van der Waals surface area contributed by atoms with Gasteiger partial charge >= 0.3 is 0 Å². The number of nitrogens with zero attached hydrogens (tertiary/aromatic N) is 2. The minimum atomic E-state index is -0.126. The fourth-order valence-electron chi connectivity index (χ4n) is 2.33. The standard InChI is InChI=1S/C19H19N3O/c1-14(2)16-9-6-15(7-10-16)8-11-17-13-19(23)22(21-17)18-5-3-4-12-20-18/h3-14,21H,1-2H3/b11-8+. The molecule has 0 saturated carbocycles. The van der Waals surface area contributed by atoms with Crippen molar-refractivity contribution in [3.8, 4) is 5.82 Å². The van der Waals surface area contributed by atoms with Crippen molar-refractivity contribution in [2.75, 3.05) is 0 Å². The van der Waals surface area contributed by atoms with Crippen molar-refractivity contribution >= 4 is 12.2 Å². The molecule has 0 spiro atoms. The van der Waals surface area contributed by atoms with Crippen LogP contribution < -0.4 is 5.56 Å². The van der Waals surface area contributed by atoms with E-state index in [1.54, 1.807) is 18.3 Å². The summed E-state index contributed by atoms with van der Waals surface area (Å²) < 4.78 is 1.43. The van der Waals surface area contributed by atoms with Crippen molar-refractivity contribution in [2.24, 2.45) is 0 Å². The van der Waals surface area contributed by atoms with Gasteiger partial charge in [0.2, 0.25) is 0 Å². The number of aromatic nitrogens is 3. The fraction of sp³-hybridized carbons (Fsp3) is 0.158. The van der Waals surface area contributed by atoms with Crippen molar-refractivity contribution < 1.29 is 0 Å². The molecule has 0 aliphatic carbocycles. The van der Waals surface area contributed by atoms with Gasteiger partial charge in [-0.05, 0) is 35.3 Å². The number of hydrogen-bond donors (Lipinski definition) is 1. The van der Waals surface area contributed by atoms with Crippen molar-refractivity contribution in [3.05, 3.63) is 81.9 Å². The molecule has 0 amide bonds. The van der Waals surface area contributed by atoms with Gasteiger partial charge in [-0.3, -0.25) is 9.89 Å². The van der Waals surface area contributed by atoms with E-state index < -0.39 is 0 Å². The summed E-state index contributed by atoms with van der Waals surface area (Å²) in [6, 6.07) is 15.4. The Morgan fingerprint density at radius 1 is 1.09 bits per heavy atom. The maximum absolute atomic E-state index is 12.0. The first kappa shape index (κ1) is 15.0. The summed E-state index contributed by atoms with van der Waals surface area (Å²) in [6.45, 7) is 4.35. The van der Waals surface area contributed by atoms with Gasteiger partial charge in [-0.2, -0.15) is 0 Å². The molecule has 0 radical (unpaired) electrons. The summed E-state index contributed by atoms with van der Waals surface area (Å²) in [5.41, 5.74) is 3.03. The lowest BCUT2D eigenvalue weighted by molar-refractivity contribution is 0.816. The highest BCUT2D eigenvalue weighted by Crippen LogP contribution is 2.15. The minimum Gasteiger partial charge on any atom is -0.289 e. The zero-order valence-electron chi connectivity index (χ0n) is 13.2. The van der Waals surface area contributed by atoms with E-state index in [4.69, 9.17) is 0 Å². The van der Waals surface area contributed by atoms with Gasteiger partial charge in [-0.15, -0.1) is 0 Å². The molecule has 0 saturated heterocycles. The van der Waals surface area contributed by atoms with E-state index in [9.17, 15) is 4.79 Å². The zero-order chi connectivity index (χ0) is 16.2. The second-order valence-corrected chi connectivity index (χ2v) is 5.73. The molecule has 0 fully saturated rings. The van der Waals surface area contributed by atoms with Crippen molar-refractivity contribution in [1.29, 1.82) is 0 Å². The van der Waals surface area contributed by atoms with Crippen LogP contribution in [0.5, 0.6) is 0 Å². The molecule has 0 aliphatic rings. The van der Waals surface area contributed by atoms with Crippen LogP contribution in [0.3, 0.4) is 0 Å². The Labute approximate surface area is 135 Å². The van der Waals surface area contributed by atoms with Crippen LogP contribution in [0.1, 0.15) is 36.6 Å². The zero-order valence-corrected chi connectivity index (χ0v) is 13.2. The fourth-order valence-corrected chi connectivity index (χ4v) is 2.33. The molecule has 2 aromatic heterocycles. The first-order valence-electron chi connectivity index (χ1n) is 7.65. The van der Waals surface area contributed by atoms with Gasteiger partial charge in [0.1, 0.15) is 0 Å². The van der Waals surface area contributed by atoms with Gasteiger partial charge in [0.15, 0.2) is 5.82 Å². The number of nitrogens with one attached hydrogen (secondary N) is 1. The Hall–Kier alpha value is -2.88. The van der Waals surface area contributed by atoms with Crippen LogP contribution in [0.25, 0.3) is 18.0 Å². The van der Waals surface area contributed by atoms with Crippen LogP contribution in [0.2, 0.25) is 0 Å². The quantitative estimate of drug-likeness (QED) is 0.796. The average Bonchev–Trinajstić information content (AvgIpc) is 2.95. The molecule has 1 N–H and O–H groups in total. The highest BCUT2D eigenvalue weighted by Gasteiger charge is 2.03. The van der Waals surface area contributed by atoms with E-state index in [0.29, 0.717) is 11.7 Å². The number of rotatable bonds is 4. The monoisotopic (exact) mass is 305 g/mol. The van der Waals surface area contributed by atoms with Crippen LogP contribution in [-0.4, -0.2) is 14.8 Å². The summed E-state index contributed by atoms with van der Waals surface area (Å²) >= 11 is 0. The van der Waals surface area contributed by atoms with E-state index >= 15 is 0 Å². The van der Waals surface area contributed by atoms with Crippen molar-refractivity contribution in [3.63, 3.8) is 0 Å². The van der Waals surface area contributed by atoms with E-state index in [1.807, 2.05) is 24.3 Å². The first-order valence-corrected chi connectivity index (χ1v) is 7.65. The summed E-state index contributed by atoms with van der Waals surface area (Å²) in [5, 5.41) is 3.05. The Morgan fingerprint density at radius 3 is 2.52 bits per heavy atom. The molecule has 0 aliphatic heterocycles. The van der Waals surface area contributed by atoms with Crippen molar-refractivity contribution in [2.45, 2.75) is 19.8 Å². The van der Waals surface area contributed by atoms with E-state index in [2.05, 4.69) is 48.2 Å². The van der Waals surface area contributed by atoms with Crippen LogP contribution in [0.4, 0.5) is 0 Å². The summed E-state index contributed by atoms with van der Waals surface area (Å²) in [7, 11) is 0. The highest BCUT2D eigenvalue weighted by atomic mass is 16.1. The third-order valence-corrected chi connectivity index (χ3v) is 3.68. The van der Waals surface area contributed by atoms with E-state index in [1.165, 1.54) is 10.2 Å². The number of H-pyrrole nitrogens is 1. The number of pyridine rings is 1. The lowest BCUT2D eigenvalue weighted by Crippen LogP contribution is -2.14. The van der Waals surface area contributed by atoms with Gasteiger partial charge in [0, 0.05) is 12.3 Å². The molecule has 3 aromatic rings. The van der Waals surface area contributed by atoms with Crippen molar-refractivity contribution in [1.82, 2.24) is 14.8 Å². The molecule has 0 bridgehead atoms. The molecule has 2 heterocycles. The van der Waals surface area contributed by atoms with Gasteiger partial charge in [0.05, 0.1) is 5.69 Å². The lowest BCUT2D eigenvalue weighted by atomic mass is 10.0. The van der Waals surface area contributed by atoms with Crippen LogP contribution in [0, 0.1) is 0 Å². The second-order valence-electron chi connectivity index (χ2n) is 5.73. The van der Waals surface area contributed by atoms with Gasteiger partial charge in [0.25, 0.3) is 5.56 Å². The third kappa shape index (κ3) is 3.48. The Bertz CT molecular complexity index is 856. The van der Waals surface area contributed by atoms with Gasteiger partial charge < -0.3 is 0 Å². The highest BCUT2D eigenvalue weighted by molar-refractivity contribution is 5.68. The maximum Gasteiger partial charge on any atom is 0.273 e. The molecule has 3 rings (SSSR count). The lowest BCUT2D eigenvalue weighted by Gasteiger charge is -2.04. The summed E-state index contributed by atoms with van der Waals surface area (Å²) in [4.78, 5) is 16.2. The summed E-state index contributed by atoms with van der Waals surface area (Å²) in [5.74, 6) is 1.11. The molecular weight excluding hydrogens is 286 g/mol. The molecule has 4 heteroatoms. The van der Waals surface area contributed by atoms with Crippen LogP contribution in [0.15, 0.2) is 59.5 Å². The van der Waals surface area contributed by atoms with Gasteiger partial charge in [-0.25, -0.2) is 9.67 Å². The molecule has 0 atom stereocenters. The third-order valence-electron chi connectivity index (χ3n) is 3.68. The van der Waals surface area contributed by atoms with E-state index in [0.717, 1.165) is 11.3 Å². The normalized spacial score (nSPS) is 11.4. The molecule has 1 aromatic carbocycles.